The molecule has 0 saturated carbocycles. The summed E-state index contributed by atoms with van der Waals surface area (Å²) in [6, 6.07) is 14.7. The van der Waals surface area contributed by atoms with E-state index in [1.807, 2.05) is 6.07 Å². The van der Waals surface area contributed by atoms with E-state index in [-0.39, 0.29) is 18.2 Å². The minimum absolute atomic E-state index is 0.0795. The van der Waals surface area contributed by atoms with E-state index in [1.54, 1.807) is 64.2 Å². The Bertz CT molecular complexity index is 1040. The summed E-state index contributed by atoms with van der Waals surface area (Å²) in [7, 11) is 0. The smallest absolute Gasteiger partial charge is 0.294 e. The molecule has 0 saturated heterocycles. The molecule has 3 aromatic rings. The summed E-state index contributed by atoms with van der Waals surface area (Å²) in [5.74, 6) is -0.0795. The van der Waals surface area contributed by atoms with Crippen molar-refractivity contribution in [1.82, 2.24) is 4.57 Å². The number of hydrogen-bond donors (Lipinski definition) is 0. The zero-order chi connectivity index (χ0) is 19.1. The average Bonchev–Trinajstić information content (AvgIpc) is 3.22. The molecule has 0 fully saturated rings. The summed E-state index contributed by atoms with van der Waals surface area (Å²) in [6.45, 7) is 0. The summed E-state index contributed by atoms with van der Waals surface area (Å²) >= 11 is 18.0. The minimum atomic E-state index is -0.437. The van der Waals surface area contributed by atoms with Crippen molar-refractivity contribution >= 4 is 52.3 Å². The van der Waals surface area contributed by atoms with E-state index in [2.05, 4.69) is 0 Å². The van der Waals surface area contributed by atoms with Crippen LogP contribution in [0, 0.1) is 0 Å². The topological polar surface area (TPSA) is 42.3 Å². The molecule has 1 aliphatic heterocycles. The van der Waals surface area contributed by atoms with Crippen LogP contribution in [0.3, 0.4) is 0 Å². The van der Waals surface area contributed by atoms with E-state index in [0.29, 0.717) is 26.3 Å². The summed E-state index contributed by atoms with van der Waals surface area (Å²) < 4.78 is 1.54. The molecule has 2 aromatic carbocycles. The molecule has 0 N–H and O–H groups in total. The number of nitrogens with zero attached hydrogens (tertiary/aromatic N) is 2. The highest BCUT2D eigenvalue weighted by atomic mass is 35.5. The Morgan fingerprint density at radius 2 is 1.70 bits per heavy atom. The Hall–Kier alpha value is -2.27. The normalized spacial score (nSPS) is 15.9. The van der Waals surface area contributed by atoms with Crippen LogP contribution in [0.4, 0.5) is 10.5 Å². The number of halogens is 3. The van der Waals surface area contributed by atoms with Crippen molar-refractivity contribution in [3.63, 3.8) is 0 Å². The lowest BCUT2D eigenvalue weighted by Gasteiger charge is -2.24. The molecular formula is C20H13Cl3N2O2. The highest BCUT2D eigenvalue weighted by Gasteiger charge is 2.38. The minimum Gasteiger partial charge on any atom is -0.294 e. The first kappa shape index (κ1) is 18.1. The molecule has 1 atom stereocenters. The molecule has 27 heavy (non-hydrogen) atoms. The van der Waals surface area contributed by atoms with Gasteiger partial charge in [-0.05, 0) is 54.6 Å². The molecule has 0 bridgehead atoms. The fraction of sp³-hybridized carbons (Fsp3) is 0.100. The number of fused-ring (bicyclic) bond motifs is 1. The number of amides is 1. The van der Waals surface area contributed by atoms with Gasteiger partial charge in [-0.1, -0.05) is 34.8 Å². The quantitative estimate of drug-likeness (QED) is 0.469. The van der Waals surface area contributed by atoms with Gasteiger partial charge in [0, 0.05) is 28.9 Å². The molecule has 2 heterocycles. The average molecular weight is 420 g/mol. The van der Waals surface area contributed by atoms with E-state index in [9.17, 15) is 9.59 Å². The van der Waals surface area contributed by atoms with Crippen LogP contribution in [0.5, 0.6) is 0 Å². The van der Waals surface area contributed by atoms with Crippen LogP contribution in [-0.4, -0.2) is 16.4 Å². The Morgan fingerprint density at radius 3 is 2.41 bits per heavy atom. The number of rotatable bonds is 4. The molecule has 1 amide bonds. The Morgan fingerprint density at radius 1 is 0.963 bits per heavy atom. The Balaban J connectivity index is 1.70. The maximum absolute atomic E-state index is 12.9. The first-order chi connectivity index (χ1) is 13.0. The zero-order valence-electron chi connectivity index (χ0n) is 13.9. The molecule has 4 nitrogen and oxygen atoms in total. The number of Topliss-reactive ketones (excluding diaryl/α,β-unsaturated/α-hetero) is 1. The van der Waals surface area contributed by atoms with Gasteiger partial charge in [0.1, 0.15) is 0 Å². The van der Waals surface area contributed by atoms with Crippen molar-refractivity contribution in [2.45, 2.75) is 12.5 Å². The van der Waals surface area contributed by atoms with E-state index in [4.69, 9.17) is 34.8 Å². The molecule has 1 aromatic heterocycles. The lowest BCUT2D eigenvalue weighted by atomic mass is 10.0. The van der Waals surface area contributed by atoms with Crippen LogP contribution in [-0.2, 0) is 0 Å². The van der Waals surface area contributed by atoms with Crippen LogP contribution in [0.15, 0.2) is 60.8 Å². The predicted molar refractivity (Wildman–Crippen MR) is 107 cm³/mol. The van der Waals surface area contributed by atoms with Crippen LogP contribution in [0.2, 0.25) is 15.1 Å². The number of aromatic nitrogens is 1. The van der Waals surface area contributed by atoms with E-state index in [1.165, 1.54) is 0 Å². The molecule has 0 spiro atoms. The first-order valence-electron chi connectivity index (χ1n) is 8.20. The third kappa shape index (κ3) is 3.25. The van der Waals surface area contributed by atoms with Gasteiger partial charge < -0.3 is 0 Å². The highest BCUT2D eigenvalue weighted by molar-refractivity contribution is 6.42. The van der Waals surface area contributed by atoms with Gasteiger partial charge in [0.25, 0.3) is 0 Å². The molecule has 0 aliphatic carbocycles. The maximum Gasteiger partial charge on any atom is 0.333 e. The summed E-state index contributed by atoms with van der Waals surface area (Å²) in [6.07, 6.45) is 1.83. The predicted octanol–water partition coefficient (Wildman–Crippen LogP) is 6.25. The number of ketones is 1. The number of carbonyl (C=O) groups is 2. The van der Waals surface area contributed by atoms with Gasteiger partial charge in [-0.25, -0.2) is 4.79 Å². The van der Waals surface area contributed by atoms with Crippen LogP contribution in [0.25, 0.3) is 0 Å². The molecule has 1 unspecified atom stereocenters. The third-order valence-corrected chi connectivity index (χ3v) is 5.56. The van der Waals surface area contributed by atoms with Crippen molar-refractivity contribution < 1.29 is 9.59 Å². The molecule has 7 heteroatoms. The van der Waals surface area contributed by atoms with Gasteiger partial charge >= 0.3 is 6.03 Å². The van der Waals surface area contributed by atoms with Crippen molar-refractivity contribution in [2.24, 2.45) is 0 Å². The van der Waals surface area contributed by atoms with Crippen molar-refractivity contribution in [2.75, 3.05) is 4.90 Å². The van der Waals surface area contributed by atoms with Crippen molar-refractivity contribution in [3.05, 3.63) is 87.1 Å². The fourth-order valence-electron chi connectivity index (χ4n) is 3.27. The summed E-state index contributed by atoms with van der Waals surface area (Å²) in [5.41, 5.74) is 1.89. The van der Waals surface area contributed by atoms with Crippen LogP contribution in [0.1, 0.15) is 28.5 Å². The number of hydrogen-bond acceptors (Lipinski definition) is 2. The van der Waals surface area contributed by atoms with Gasteiger partial charge in [0.15, 0.2) is 5.78 Å². The molecule has 136 valence electrons. The summed E-state index contributed by atoms with van der Waals surface area (Å²) in [4.78, 5) is 27.3. The van der Waals surface area contributed by atoms with Gasteiger partial charge in [-0.2, -0.15) is 0 Å². The highest BCUT2D eigenvalue weighted by Crippen LogP contribution is 2.39. The maximum atomic E-state index is 12.9. The molecule has 1 aliphatic rings. The van der Waals surface area contributed by atoms with Crippen LogP contribution >= 0.6 is 34.8 Å². The monoisotopic (exact) mass is 418 g/mol. The standard InChI is InChI=1S/C20H13Cl3N2O2/c21-13-5-3-12(4-6-13)19(26)11-18-17-2-1-9-24(17)20(27)25(18)14-7-8-15(22)16(23)10-14/h1-10,18H,11H2. The van der Waals surface area contributed by atoms with Crippen molar-refractivity contribution in [3.8, 4) is 0 Å². The lowest BCUT2D eigenvalue weighted by Crippen LogP contribution is -2.30. The van der Waals surface area contributed by atoms with Crippen LogP contribution < -0.4 is 4.90 Å². The zero-order valence-corrected chi connectivity index (χ0v) is 16.2. The first-order valence-corrected chi connectivity index (χ1v) is 9.34. The Kier molecular flexibility index (Phi) is 4.72. The number of carbonyl (C=O) groups excluding carboxylic acids is 2. The van der Waals surface area contributed by atoms with Crippen molar-refractivity contribution in [1.29, 1.82) is 0 Å². The number of benzene rings is 2. The lowest BCUT2D eigenvalue weighted by molar-refractivity contribution is 0.0974. The summed E-state index contributed by atoms with van der Waals surface area (Å²) in [5, 5.41) is 1.32. The number of anilines is 1. The van der Waals surface area contributed by atoms with E-state index >= 15 is 0 Å². The molecule has 4 rings (SSSR count). The second kappa shape index (κ2) is 7.04. The van der Waals surface area contributed by atoms with E-state index in [0.717, 1.165) is 5.69 Å². The van der Waals surface area contributed by atoms with Gasteiger partial charge in [-0.3, -0.25) is 14.3 Å². The fourth-order valence-corrected chi connectivity index (χ4v) is 3.69. The Labute approximate surface area is 170 Å². The van der Waals surface area contributed by atoms with Gasteiger partial charge in [-0.15, -0.1) is 0 Å². The molecule has 0 radical (unpaired) electrons. The second-order valence-electron chi connectivity index (χ2n) is 6.20. The SMILES string of the molecule is O=C(CC1c2cccn2C(=O)N1c1ccc(Cl)c(Cl)c1)c1ccc(Cl)cc1. The largest absolute Gasteiger partial charge is 0.333 e. The second-order valence-corrected chi connectivity index (χ2v) is 7.45. The van der Waals surface area contributed by atoms with Gasteiger partial charge in [0.2, 0.25) is 0 Å². The van der Waals surface area contributed by atoms with Gasteiger partial charge in [0.05, 0.1) is 21.8 Å². The third-order valence-electron chi connectivity index (χ3n) is 4.57. The molecular weight excluding hydrogens is 407 g/mol. The van der Waals surface area contributed by atoms with E-state index < -0.39 is 6.04 Å².